The fraction of sp³-hybridized carbons (Fsp3) is 0.0714. The maximum atomic E-state index is 12.9. The van der Waals surface area contributed by atoms with E-state index in [0.717, 1.165) is 30.3 Å². The van der Waals surface area contributed by atoms with Crippen molar-refractivity contribution in [2.75, 3.05) is 0 Å². The number of carbonyl (C=O) groups is 1. The average molecular weight is 311 g/mol. The lowest BCUT2D eigenvalue weighted by molar-refractivity contribution is -0.384. The Morgan fingerprint density at radius 2 is 1.77 bits per heavy atom. The molecule has 2 aromatic rings. The van der Waals surface area contributed by atoms with E-state index >= 15 is 0 Å². The number of aldehydes is 1. The molecule has 2 aromatic carbocycles. The Kier molecular flexibility index (Phi) is 4.11. The van der Waals surface area contributed by atoms with Gasteiger partial charge >= 0.3 is 6.18 Å². The number of nitrogens with zero attached hydrogens (tertiary/aromatic N) is 1. The first-order valence-electron chi connectivity index (χ1n) is 5.90. The van der Waals surface area contributed by atoms with Gasteiger partial charge in [-0.3, -0.25) is 14.9 Å². The maximum absolute atomic E-state index is 12.9. The quantitative estimate of drug-likeness (QED) is 0.481. The molecule has 5 nitrogen and oxygen atoms in total. The monoisotopic (exact) mass is 311 g/mol. The highest BCUT2D eigenvalue weighted by Crippen LogP contribution is 2.38. The molecule has 0 N–H and O–H groups in total. The molecule has 0 unspecified atom stereocenters. The Labute approximate surface area is 122 Å². The van der Waals surface area contributed by atoms with Gasteiger partial charge in [-0.1, -0.05) is 12.1 Å². The van der Waals surface area contributed by atoms with Crippen LogP contribution >= 0.6 is 0 Å². The van der Waals surface area contributed by atoms with Crippen LogP contribution in [0.2, 0.25) is 0 Å². The minimum Gasteiger partial charge on any atom is -0.456 e. The van der Waals surface area contributed by atoms with E-state index in [9.17, 15) is 28.1 Å². The first kappa shape index (κ1) is 15.5. The van der Waals surface area contributed by atoms with E-state index < -0.39 is 22.4 Å². The summed E-state index contributed by atoms with van der Waals surface area (Å²) >= 11 is 0. The number of carbonyl (C=O) groups excluding carboxylic acids is 1. The normalized spacial score (nSPS) is 11.0. The van der Waals surface area contributed by atoms with Crippen LogP contribution < -0.4 is 4.74 Å². The number of hydrogen-bond donors (Lipinski definition) is 0. The molecule has 2 rings (SSSR count). The summed E-state index contributed by atoms with van der Waals surface area (Å²) in [5, 5.41) is 10.6. The van der Waals surface area contributed by atoms with E-state index in [0.29, 0.717) is 0 Å². The minimum atomic E-state index is -4.63. The van der Waals surface area contributed by atoms with Gasteiger partial charge in [0.2, 0.25) is 0 Å². The van der Waals surface area contributed by atoms with Crippen LogP contribution in [0.1, 0.15) is 15.9 Å². The topological polar surface area (TPSA) is 69.4 Å². The van der Waals surface area contributed by atoms with Gasteiger partial charge in [0.1, 0.15) is 11.5 Å². The van der Waals surface area contributed by atoms with Gasteiger partial charge in [0.05, 0.1) is 16.1 Å². The number of non-ortho nitro benzene ring substituents is 1. The fourth-order valence-electron chi connectivity index (χ4n) is 1.74. The summed E-state index contributed by atoms with van der Waals surface area (Å²) in [5.74, 6) is -0.691. The van der Waals surface area contributed by atoms with Gasteiger partial charge in [-0.15, -0.1) is 0 Å². The van der Waals surface area contributed by atoms with E-state index in [1.165, 1.54) is 12.1 Å². The number of halogens is 3. The Bertz CT molecular complexity index is 728. The predicted octanol–water partition coefficient (Wildman–Crippen LogP) is 4.22. The Morgan fingerprint density at radius 3 is 2.36 bits per heavy atom. The predicted molar refractivity (Wildman–Crippen MR) is 70.0 cm³/mol. The van der Waals surface area contributed by atoms with Gasteiger partial charge in [0.15, 0.2) is 6.29 Å². The van der Waals surface area contributed by atoms with Crippen LogP contribution in [0.5, 0.6) is 11.5 Å². The molecule has 0 bridgehead atoms. The number of ether oxygens (including phenoxy) is 1. The first-order valence-corrected chi connectivity index (χ1v) is 5.90. The van der Waals surface area contributed by atoms with Gasteiger partial charge in [-0.2, -0.15) is 13.2 Å². The summed E-state index contributed by atoms with van der Waals surface area (Å²) in [6, 6.07) is 7.52. The molecule has 0 aliphatic carbocycles. The van der Waals surface area contributed by atoms with Crippen molar-refractivity contribution >= 4 is 12.0 Å². The second-order valence-corrected chi connectivity index (χ2v) is 4.19. The number of nitro benzene ring substituents is 1. The number of benzene rings is 2. The molecule has 114 valence electrons. The standard InChI is InChI=1S/C14H8F3NO4/c15-14(16,17)11-3-1-2-4-13(11)22-12-6-5-10(18(20)21)7-9(12)8-19/h1-8H. The second kappa shape index (κ2) is 5.84. The van der Waals surface area contributed by atoms with Crippen molar-refractivity contribution in [2.24, 2.45) is 0 Å². The van der Waals surface area contributed by atoms with Crippen molar-refractivity contribution in [1.29, 1.82) is 0 Å². The zero-order chi connectivity index (χ0) is 16.3. The molecule has 8 heteroatoms. The van der Waals surface area contributed by atoms with Crippen LogP contribution in [0.15, 0.2) is 42.5 Å². The van der Waals surface area contributed by atoms with Crippen molar-refractivity contribution in [1.82, 2.24) is 0 Å². The Balaban J connectivity index is 2.44. The highest BCUT2D eigenvalue weighted by atomic mass is 19.4. The average Bonchev–Trinajstić information content (AvgIpc) is 2.47. The zero-order valence-corrected chi connectivity index (χ0v) is 10.8. The molecule has 0 fully saturated rings. The summed E-state index contributed by atoms with van der Waals surface area (Å²) in [4.78, 5) is 20.9. The summed E-state index contributed by atoms with van der Waals surface area (Å²) < 4.78 is 43.7. The molecule has 0 aliphatic heterocycles. The van der Waals surface area contributed by atoms with Crippen molar-refractivity contribution in [3.8, 4) is 11.5 Å². The third kappa shape index (κ3) is 3.22. The van der Waals surface area contributed by atoms with Gasteiger partial charge in [-0.25, -0.2) is 0 Å². The third-order valence-corrected chi connectivity index (χ3v) is 2.74. The van der Waals surface area contributed by atoms with E-state index in [2.05, 4.69) is 0 Å². The van der Waals surface area contributed by atoms with Crippen molar-refractivity contribution in [3.63, 3.8) is 0 Å². The second-order valence-electron chi connectivity index (χ2n) is 4.19. The maximum Gasteiger partial charge on any atom is 0.419 e. The van der Waals surface area contributed by atoms with Crippen molar-refractivity contribution < 1.29 is 27.6 Å². The van der Waals surface area contributed by atoms with Crippen molar-refractivity contribution in [3.05, 3.63) is 63.7 Å². The van der Waals surface area contributed by atoms with Crippen LogP contribution in [-0.4, -0.2) is 11.2 Å². The van der Waals surface area contributed by atoms with Gasteiger partial charge in [0, 0.05) is 12.1 Å². The Hall–Kier alpha value is -2.90. The molecule has 0 amide bonds. The van der Waals surface area contributed by atoms with Crippen LogP contribution in [0, 0.1) is 10.1 Å². The summed E-state index contributed by atoms with van der Waals surface area (Å²) in [7, 11) is 0. The SMILES string of the molecule is O=Cc1cc([N+](=O)[O-])ccc1Oc1ccccc1C(F)(F)F. The molecule has 22 heavy (non-hydrogen) atoms. The summed E-state index contributed by atoms with van der Waals surface area (Å²) in [6.07, 6.45) is -4.35. The lowest BCUT2D eigenvalue weighted by Crippen LogP contribution is -2.07. The largest absolute Gasteiger partial charge is 0.456 e. The zero-order valence-electron chi connectivity index (χ0n) is 10.8. The summed E-state index contributed by atoms with van der Waals surface area (Å²) in [6.45, 7) is 0. The third-order valence-electron chi connectivity index (χ3n) is 2.74. The molecule has 0 aromatic heterocycles. The Morgan fingerprint density at radius 1 is 1.09 bits per heavy atom. The molecule has 0 radical (unpaired) electrons. The number of para-hydroxylation sites is 1. The molecule has 0 aliphatic rings. The van der Waals surface area contributed by atoms with E-state index in [-0.39, 0.29) is 23.3 Å². The highest BCUT2D eigenvalue weighted by molar-refractivity contribution is 5.81. The van der Waals surface area contributed by atoms with E-state index in [1.807, 2.05) is 0 Å². The first-order chi connectivity index (χ1) is 10.3. The van der Waals surface area contributed by atoms with Gasteiger partial charge in [-0.05, 0) is 18.2 Å². The highest BCUT2D eigenvalue weighted by Gasteiger charge is 2.34. The van der Waals surface area contributed by atoms with Crippen molar-refractivity contribution in [2.45, 2.75) is 6.18 Å². The molecular formula is C14H8F3NO4. The summed E-state index contributed by atoms with van der Waals surface area (Å²) in [5.41, 5.74) is -1.59. The minimum absolute atomic E-state index is 0.197. The van der Waals surface area contributed by atoms with E-state index in [4.69, 9.17) is 4.74 Å². The van der Waals surface area contributed by atoms with Crippen LogP contribution in [0.4, 0.5) is 18.9 Å². The number of nitro groups is 1. The molecule has 0 atom stereocenters. The van der Waals surface area contributed by atoms with Gasteiger partial charge < -0.3 is 4.74 Å². The number of rotatable bonds is 4. The lowest BCUT2D eigenvalue weighted by Gasteiger charge is -2.14. The fourth-order valence-corrected chi connectivity index (χ4v) is 1.74. The lowest BCUT2D eigenvalue weighted by atomic mass is 10.1. The van der Waals surface area contributed by atoms with Crippen LogP contribution in [-0.2, 0) is 6.18 Å². The van der Waals surface area contributed by atoms with Crippen LogP contribution in [0.25, 0.3) is 0 Å². The molecule has 0 spiro atoms. The number of alkyl halides is 3. The molecular weight excluding hydrogens is 303 g/mol. The smallest absolute Gasteiger partial charge is 0.419 e. The molecule has 0 saturated carbocycles. The van der Waals surface area contributed by atoms with E-state index in [1.54, 1.807) is 0 Å². The number of hydrogen-bond acceptors (Lipinski definition) is 4. The van der Waals surface area contributed by atoms with Gasteiger partial charge in [0.25, 0.3) is 5.69 Å². The molecule has 0 heterocycles. The van der Waals surface area contributed by atoms with Crippen LogP contribution in [0.3, 0.4) is 0 Å². The molecule has 0 saturated heterocycles.